The molecule has 3 heteroatoms. The minimum atomic E-state index is -0.205. The Kier molecular flexibility index (Phi) is 5.51. The zero-order valence-corrected chi connectivity index (χ0v) is 12.1. The van der Waals surface area contributed by atoms with E-state index in [1.807, 2.05) is 37.4 Å². The molecule has 0 fully saturated rings. The first-order valence-electron chi connectivity index (χ1n) is 6.89. The monoisotopic (exact) mass is 282 g/mol. The second-order valence-corrected chi connectivity index (χ2v) is 4.96. The van der Waals surface area contributed by atoms with Crippen LogP contribution in [0, 0.1) is 17.7 Å². The first kappa shape index (κ1) is 15.2. The smallest absolute Gasteiger partial charge is 0.123 e. The van der Waals surface area contributed by atoms with Gasteiger partial charge >= 0.3 is 0 Å². The average molecular weight is 282 g/mol. The van der Waals surface area contributed by atoms with Crippen molar-refractivity contribution in [3.63, 3.8) is 0 Å². The number of nitrogens with two attached hydrogens (primary N) is 1. The van der Waals surface area contributed by atoms with Crippen LogP contribution in [0.5, 0.6) is 0 Å². The molecule has 0 aliphatic carbocycles. The second kappa shape index (κ2) is 7.58. The van der Waals surface area contributed by atoms with Crippen molar-refractivity contribution in [1.82, 2.24) is 4.90 Å². The third kappa shape index (κ3) is 4.71. The highest BCUT2D eigenvalue weighted by atomic mass is 19.1. The molecule has 0 amide bonds. The molecule has 2 rings (SSSR count). The van der Waals surface area contributed by atoms with Crippen LogP contribution >= 0.6 is 0 Å². The van der Waals surface area contributed by atoms with Crippen LogP contribution in [-0.4, -0.2) is 18.5 Å². The fourth-order valence-corrected chi connectivity index (χ4v) is 2.17. The molecule has 21 heavy (non-hydrogen) atoms. The zero-order chi connectivity index (χ0) is 15.1. The van der Waals surface area contributed by atoms with Crippen molar-refractivity contribution in [3.8, 4) is 11.8 Å². The van der Waals surface area contributed by atoms with E-state index in [0.29, 0.717) is 6.54 Å². The van der Waals surface area contributed by atoms with Crippen LogP contribution in [0.3, 0.4) is 0 Å². The molecule has 2 N–H and O–H groups in total. The van der Waals surface area contributed by atoms with Crippen molar-refractivity contribution in [2.45, 2.75) is 13.1 Å². The largest absolute Gasteiger partial charge is 0.320 e. The highest BCUT2D eigenvalue weighted by Gasteiger charge is 2.05. The summed E-state index contributed by atoms with van der Waals surface area (Å²) in [5.41, 5.74) is 8.69. The zero-order valence-electron chi connectivity index (χ0n) is 12.1. The minimum absolute atomic E-state index is 0.205. The molecule has 0 saturated carbocycles. The van der Waals surface area contributed by atoms with Gasteiger partial charge in [-0.1, -0.05) is 42.2 Å². The topological polar surface area (TPSA) is 29.3 Å². The van der Waals surface area contributed by atoms with Crippen LogP contribution < -0.4 is 5.73 Å². The normalized spacial score (nSPS) is 10.3. The van der Waals surface area contributed by atoms with Gasteiger partial charge in [-0.3, -0.25) is 4.90 Å². The van der Waals surface area contributed by atoms with E-state index >= 15 is 0 Å². The van der Waals surface area contributed by atoms with Crippen molar-refractivity contribution in [2.24, 2.45) is 5.73 Å². The maximum Gasteiger partial charge on any atom is 0.123 e. The number of halogens is 1. The van der Waals surface area contributed by atoms with Crippen molar-refractivity contribution in [3.05, 3.63) is 71.0 Å². The van der Waals surface area contributed by atoms with Crippen molar-refractivity contribution in [1.29, 1.82) is 0 Å². The van der Waals surface area contributed by atoms with E-state index in [1.165, 1.54) is 17.7 Å². The van der Waals surface area contributed by atoms with Gasteiger partial charge in [0, 0.05) is 18.7 Å². The van der Waals surface area contributed by atoms with Gasteiger partial charge < -0.3 is 5.73 Å². The molecule has 0 aliphatic heterocycles. The Morgan fingerprint density at radius 3 is 2.48 bits per heavy atom. The number of hydrogen-bond donors (Lipinski definition) is 1. The highest BCUT2D eigenvalue weighted by Crippen LogP contribution is 2.12. The summed E-state index contributed by atoms with van der Waals surface area (Å²) in [7, 11) is 2.04. The fourth-order valence-electron chi connectivity index (χ4n) is 2.17. The molecule has 108 valence electrons. The van der Waals surface area contributed by atoms with Gasteiger partial charge in [-0.25, -0.2) is 4.39 Å². The van der Waals surface area contributed by atoms with Crippen LogP contribution in [0.15, 0.2) is 48.5 Å². The minimum Gasteiger partial charge on any atom is -0.320 e. The lowest BCUT2D eigenvalue weighted by Gasteiger charge is -2.17. The predicted octanol–water partition coefficient (Wildman–Crippen LogP) is 2.77. The number of rotatable bonds is 4. The molecule has 0 bridgehead atoms. The van der Waals surface area contributed by atoms with E-state index < -0.39 is 0 Å². The number of nitrogens with zero attached hydrogens (tertiary/aromatic N) is 1. The Bertz CT molecular complexity index is 638. The lowest BCUT2D eigenvalue weighted by Crippen LogP contribution is -2.17. The molecule has 0 heterocycles. The third-order valence-electron chi connectivity index (χ3n) is 3.15. The molecular weight excluding hydrogens is 263 g/mol. The van der Waals surface area contributed by atoms with Crippen LogP contribution in [0.1, 0.15) is 16.7 Å². The summed E-state index contributed by atoms with van der Waals surface area (Å²) in [5, 5.41) is 0. The second-order valence-electron chi connectivity index (χ2n) is 4.96. The summed E-state index contributed by atoms with van der Waals surface area (Å²) < 4.78 is 12.9. The molecule has 2 aromatic rings. The molecule has 2 aromatic carbocycles. The predicted molar refractivity (Wildman–Crippen MR) is 83.9 cm³/mol. The summed E-state index contributed by atoms with van der Waals surface area (Å²) >= 11 is 0. The maximum atomic E-state index is 12.9. The molecule has 0 unspecified atom stereocenters. The van der Waals surface area contributed by atoms with E-state index in [2.05, 4.69) is 22.8 Å². The molecule has 0 spiro atoms. The number of benzene rings is 2. The molecule has 0 atom stereocenters. The molecule has 0 aromatic heterocycles. The van der Waals surface area contributed by atoms with E-state index in [-0.39, 0.29) is 5.82 Å². The Hall–Kier alpha value is -2.15. The number of hydrogen-bond acceptors (Lipinski definition) is 2. The molecule has 0 aliphatic rings. The Labute approximate surface area is 125 Å². The first-order chi connectivity index (χ1) is 10.2. The van der Waals surface area contributed by atoms with Crippen molar-refractivity contribution < 1.29 is 4.39 Å². The lowest BCUT2D eigenvalue weighted by molar-refractivity contribution is 0.318. The van der Waals surface area contributed by atoms with Crippen LogP contribution in [0.4, 0.5) is 4.39 Å². The van der Waals surface area contributed by atoms with Gasteiger partial charge in [-0.05, 0) is 36.4 Å². The molecule has 2 nitrogen and oxygen atoms in total. The van der Waals surface area contributed by atoms with Crippen LogP contribution in [0.2, 0.25) is 0 Å². The van der Waals surface area contributed by atoms with Gasteiger partial charge in [0.25, 0.3) is 0 Å². The van der Waals surface area contributed by atoms with Gasteiger partial charge in [0.05, 0.1) is 6.54 Å². The maximum absolute atomic E-state index is 12.9. The Morgan fingerprint density at radius 1 is 1.05 bits per heavy atom. The molecular formula is C18H19FN2. The van der Waals surface area contributed by atoms with Gasteiger partial charge in [-0.2, -0.15) is 0 Å². The SMILES string of the molecule is CN(Cc1ccc(F)cc1)Cc1ccccc1C#CCN. The molecule has 0 radical (unpaired) electrons. The lowest BCUT2D eigenvalue weighted by atomic mass is 10.1. The highest BCUT2D eigenvalue weighted by molar-refractivity contribution is 5.41. The Balaban J connectivity index is 2.05. The summed E-state index contributed by atoms with van der Waals surface area (Å²) in [5.74, 6) is 5.79. The fraction of sp³-hybridized carbons (Fsp3) is 0.222. The summed E-state index contributed by atoms with van der Waals surface area (Å²) in [6.07, 6.45) is 0. The van der Waals surface area contributed by atoms with E-state index in [4.69, 9.17) is 5.73 Å². The third-order valence-corrected chi connectivity index (χ3v) is 3.15. The Morgan fingerprint density at radius 2 is 1.76 bits per heavy atom. The average Bonchev–Trinajstić information content (AvgIpc) is 2.49. The summed E-state index contributed by atoms with van der Waals surface area (Å²) in [6, 6.07) is 14.7. The van der Waals surface area contributed by atoms with Crippen molar-refractivity contribution >= 4 is 0 Å². The standard InChI is InChI=1S/C18H19FN2/c1-21(13-15-8-10-18(19)11-9-15)14-17-6-3-2-5-16(17)7-4-12-20/h2-3,5-6,8-11H,12-14,20H2,1H3. The first-order valence-corrected chi connectivity index (χ1v) is 6.89. The van der Waals surface area contributed by atoms with E-state index in [9.17, 15) is 4.39 Å². The van der Waals surface area contributed by atoms with Crippen molar-refractivity contribution in [2.75, 3.05) is 13.6 Å². The van der Waals surface area contributed by atoms with E-state index in [1.54, 1.807) is 0 Å². The summed E-state index contributed by atoms with van der Waals surface area (Å²) in [4.78, 5) is 2.18. The van der Waals surface area contributed by atoms with Gasteiger partial charge in [0.2, 0.25) is 0 Å². The van der Waals surface area contributed by atoms with Crippen LogP contribution in [0.25, 0.3) is 0 Å². The van der Waals surface area contributed by atoms with Gasteiger partial charge in [-0.15, -0.1) is 0 Å². The van der Waals surface area contributed by atoms with Crippen LogP contribution in [-0.2, 0) is 13.1 Å². The summed E-state index contributed by atoms with van der Waals surface area (Å²) in [6.45, 7) is 1.91. The molecule has 0 saturated heterocycles. The van der Waals surface area contributed by atoms with E-state index in [0.717, 1.165) is 24.2 Å². The van der Waals surface area contributed by atoms with Gasteiger partial charge in [0.1, 0.15) is 5.82 Å². The quantitative estimate of drug-likeness (QED) is 0.874. The van der Waals surface area contributed by atoms with Gasteiger partial charge in [0.15, 0.2) is 0 Å².